The van der Waals surface area contributed by atoms with E-state index in [0.29, 0.717) is 136 Å². The first-order valence-electron chi connectivity index (χ1n) is 24.5. The van der Waals surface area contributed by atoms with Crippen molar-refractivity contribution in [3.8, 4) is 68.1 Å². The van der Waals surface area contributed by atoms with Crippen LogP contribution in [0.25, 0.3) is 112 Å². The minimum Gasteiger partial charge on any atom is -0.309 e. The van der Waals surface area contributed by atoms with Crippen molar-refractivity contribution in [2.24, 2.45) is 0 Å². The quantitative estimate of drug-likeness (QED) is 0.139. The standard InChI is InChI=1S/C58H42F6N14/c1-27-65-28(2)70-53(69-27)36-12-16-47-42(21-36)43-22-37(54-71-29(3)66-30(4)72-54)13-17-48(43)77(47)51-26-46(58(62,63)64)52(25-41(51)35-10-9-11-40(20-35)57(59,60)61)78-49-18-14-38(55-73-31(5)67-32(6)74-55)23-44(49)45-24-39(15-19-50(45)78)56-75-33(7)68-34(8)76-56/h9-26H,1-8H3. The largest absolute Gasteiger partial charge is 0.418 e. The highest BCUT2D eigenvalue weighted by Gasteiger charge is 2.38. The van der Waals surface area contributed by atoms with Gasteiger partial charge < -0.3 is 9.13 Å². The molecule has 0 saturated heterocycles. The number of nitrogens with zero attached hydrogens (tertiary/aromatic N) is 14. The van der Waals surface area contributed by atoms with E-state index in [2.05, 4.69) is 59.8 Å². The normalized spacial score (nSPS) is 12.2. The monoisotopic (exact) mass is 1050 g/mol. The van der Waals surface area contributed by atoms with Gasteiger partial charge in [0.2, 0.25) is 0 Å². The van der Waals surface area contributed by atoms with Gasteiger partial charge >= 0.3 is 12.4 Å². The third kappa shape index (κ3) is 8.77. The molecule has 0 N–H and O–H groups in total. The highest BCUT2D eigenvalue weighted by molar-refractivity contribution is 6.13. The van der Waals surface area contributed by atoms with Crippen molar-refractivity contribution in [1.82, 2.24) is 68.9 Å². The van der Waals surface area contributed by atoms with E-state index in [4.69, 9.17) is 0 Å². The van der Waals surface area contributed by atoms with Gasteiger partial charge in [-0.2, -0.15) is 26.3 Å². The number of alkyl halides is 6. The van der Waals surface area contributed by atoms with Crippen LogP contribution in [0, 0.1) is 55.4 Å². The Morgan fingerprint density at radius 1 is 0.308 bits per heavy atom. The first-order chi connectivity index (χ1) is 37.1. The Hall–Kier alpha value is -9.46. The summed E-state index contributed by atoms with van der Waals surface area (Å²) in [6.07, 6.45) is -9.84. The molecule has 386 valence electrons. The van der Waals surface area contributed by atoms with Gasteiger partial charge in [0.1, 0.15) is 46.6 Å². The molecular formula is C58H42F6N14. The van der Waals surface area contributed by atoms with E-state index in [1.54, 1.807) is 108 Å². The van der Waals surface area contributed by atoms with Crippen molar-refractivity contribution in [2.75, 3.05) is 0 Å². The Kier molecular flexibility index (Phi) is 11.5. The second-order valence-electron chi connectivity index (χ2n) is 19.1. The van der Waals surface area contributed by atoms with Crippen LogP contribution in [0.4, 0.5) is 26.3 Å². The fraction of sp³-hybridized carbons (Fsp3) is 0.172. The van der Waals surface area contributed by atoms with Crippen LogP contribution < -0.4 is 0 Å². The van der Waals surface area contributed by atoms with Crippen molar-refractivity contribution in [1.29, 1.82) is 0 Å². The van der Waals surface area contributed by atoms with Gasteiger partial charge in [0.05, 0.1) is 44.6 Å². The summed E-state index contributed by atoms with van der Waals surface area (Å²) in [7, 11) is 0. The zero-order valence-corrected chi connectivity index (χ0v) is 42.9. The van der Waals surface area contributed by atoms with E-state index in [1.165, 1.54) is 22.8 Å². The highest BCUT2D eigenvalue weighted by atomic mass is 19.4. The van der Waals surface area contributed by atoms with Crippen LogP contribution >= 0.6 is 0 Å². The summed E-state index contributed by atoms with van der Waals surface area (Å²) in [5.41, 5.74) is 1.56. The topological polar surface area (TPSA) is 165 Å². The average Bonchev–Trinajstić information content (AvgIpc) is 3.79. The van der Waals surface area contributed by atoms with E-state index in [0.717, 1.165) is 18.2 Å². The lowest BCUT2D eigenvalue weighted by atomic mass is 9.97. The van der Waals surface area contributed by atoms with Crippen molar-refractivity contribution >= 4 is 43.6 Å². The number of hydrogen-bond acceptors (Lipinski definition) is 12. The number of hydrogen-bond donors (Lipinski definition) is 0. The predicted octanol–water partition coefficient (Wildman–Crippen LogP) is 13.5. The molecule has 12 aromatic rings. The van der Waals surface area contributed by atoms with Crippen LogP contribution in [0.1, 0.15) is 57.7 Å². The Morgan fingerprint density at radius 3 is 0.936 bits per heavy atom. The lowest BCUT2D eigenvalue weighted by Gasteiger charge is -2.22. The highest BCUT2D eigenvalue weighted by Crippen LogP contribution is 2.47. The average molecular weight is 1050 g/mol. The Balaban J connectivity index is 1.19. The maximum absolute atomic E-state index is 16.5. The van der Waals surface area contributed by atoms with Crippen molar-refractivity contribution < 1.29 is 26.3 Å². The fourth-order valence-corrected chi connectivity index (χ4v) is 10.4. The third-order valence-corrected chi connectivity index (χ3v) is 13.4. The molecule has 0 unspecified atom stereocenters. The molecular weight excluding hydrogens is 1010 g/mol. The summed E-state index contributed by atoms with van der Waals surface area (Å²) >= 11 is 0. The number of aromatic nitrogens is 14. The molecule has 0 fully saturated rings. The van der Waals surface area contributed by atoms with E-state index < -0.39 is 23.5 Å². The summed E-state index contributed by atoms with van der Waals surface area (Å²) in [4.78, 5) is 54.1. The van der Waals surface area contributed by atoms with Crippen molar-refractivity contribution in [3.63, 3.8) is 0 Å². The SMILES string of the molecule is Cc1nc(C)nc(-c2ccc3c(c2)c2cc(-c4nc(C)nc(C)n4)ccc2n3-c2cc(C(F)(F)F)c(-n3c4ccc(-c5nc(C)nc(C)n5)cc4c4cc(-c5nc(C)nc(C)n5)ccc43)cc2-c2cccc(C(F)(F)F)c2)n1. The minimum absolute atomic E-state index is 0.0109. The lowest BCUT2D eigenvalue weighted by molar-refractivity contribution is -0.138. The van der Waals surface area contributed by atoms with Gasteiger partial charge in [0, 0.05) is 49.4 Å². The molecule has 0 aliphatic rings. The summed E-state index contributed by atoms with van der Waals surface area (Å²) in [5, 5.41) is 2.22. The molecule has 0 aliphatic heterocycles. The summed E-state index contributed by atoms with van der Waals surface area (Å²) in [5.74, 6) is 5.31. The van der Waals surface area contributed by atoms with E-state index in [1.807, 2.05) is 24.3 Å². The number of halogens is 6. The van der Waals surface area contributed by atoms with Gasteiger partial charge in [-0.05, 0) is 158 Å². The van der Waals surface area contributed by atoms with Gasteiger partial charge in [-0.1, -0.05) is 12.1 Å². The van der Waals surface area contributed by atoms with Crippen LogP contribution in [0.5, 0.6) is 0 Å². The van der Waals surface area contributed by atoms with Crippen LogP contribution in [0.15, 0.2) is 109 Å². The van der Waals surface area contributed by atoms with Crippen LogP contribution in [0.2, 0.25) is 0 Å². The van der Waals surface area contributed by atoms with Crippen molar-refractivity contribution in [2.45, 2.75) is 67.7 Å². The molecule has 6 heterocycles. The maximum atomic E-state index is 16.5. The number of aryl methyl sites for hydroxylation is 8. The summed E-state index contributed by atoms with van der Waals surface area (Å²) in [6, 6.07) is 28.1. The second kappa shape index (κ2) is 18.1. The molecule has 0 amide bonds. The minimum atomic E-state index is -5.04. The molecule has 0 spiro atoms. The second-order valence-corrected chi connectivity index (χ2v) is 19.1. The van der Waals surface area contributed by atoms with Gasteiger partial charge in [-0.15, -0.1) is 0 Å². The number of fused-ring (bicyclic) bond motifs is 6. The fourth-order valence-electron chi connectivity index (χ4n) is 10.4. The molecule has 78 heavy (non-hydrogen) atoms. The molecule has 12 rings (SSSR count). The van der Waals surface area contributed by atoms with Crippen LogP contribution in [-0.2, 0) is 12.4 Å². The Labute approximate surface area is 440 Å². The van der Waals surface area contributed by atoms with Gasteiger partial charge in [0.25, 0.3) is 0 Å². The van der Waals surface area contributed by atoms with Gasteiger partial charge in [-0.3, -0.25) is 0 Å². The van der Waals surface area contributed by atoms with Crippen molar-refractivity contribution in [3.05, 3.63) is 167 Å². The number of rotatable bonds is 7. The molecule has 0 saturated carbocycles. The molecule has 6 aromatic heterocycles. The van der Waals surface area contributed by atoms with Crippen LogP contribution in [0.3, 0.4) is 0 Å². The summed E-state index contributed by atoms with van der Waals surface area (Å²) < 4.78 is 97.1. The summed E-state index contributed by atoms with van der Waals surface area (Å²) in [6.45, 7) is 13.9. The lowest BCUT2D eigenvalue weighted by Crippen LogP contribution is -2.13. The Morgan fingerprint density at radius 2 is 0.628 bits per heavy atom. The maximum Gasteiger partial charge on any atom is 0.418 e. The van der Waals surface area contributed by atoms with E-state index in [9.17, 15) is 13.2 Å². The molecule has 14 nitrogen and oxygen atoms in total. The van der Waals surface area contributed by atoms with Gasteiger partial charge in [0.15, 0.2) is 23.3 Å². The molecule has 0 aliphatic carbocycles. The molecule has 0 radical (unpaired) electrons. The predicted molar refractivity (Wildman–Crippen MR) is 284 cm³/mol. The van der Waals surface area contributed by atoms with Gasteiger partial charge in [-0.25, -0.2) is 59.8 Å². The first-order valence-corrected chi connectivity index (χ1v) is 24.5. The zero-order chi connectivity index (χ0) is 54.7. The smallest absolute Gasteiger partial charge is 0.309 e. The van der Waals surface area contributed by atoms with E-state index in [-0.39, 0.29) is 22.5 Å². The third-order valence-electron chi connectivity index (χ3n) is 13.4. The van der Waals surface area contributed by atoms with E-state index >= 15 is 13.2 Å². The Bertz CT molecular complexity index is 4190. The molecule has 6 aromatic carbocycles. The molecule has 0 bridgehead atoms. The zero-order valence-electron chi connectivity index (χ0n) is 42.9. The molecule has 20 heteroatoms. The first kappa shape index (κ1) is 49.4. The van der Waals surface area contributed by atoms with Crippen LogP contribution in [-0.4, -0.2) is 68.9 Å². The number of benzene rings is 6. The molecule has 0 atom stereocenters.